The molecular formula is C28H31NO3. The summed E-state index contributed by atoms with van der Waals surface area (Å²) >= 11 is 0. The van der Waals surface area contributed by atoms with Gasteiger partial charge in [0.2, 0.25) is 0 Å². The third-order valence-corrected chi connectivity index (χ3v) is 6.76. The van der Waals surface area contributed by atoms with E-state index in [4.69, 9.17) is 9.47 Å². The number of esters is 1. The van der Waals surface area contributed by atoms with Crippen molar-refractivity contribution in [3.05, 3.63) is 70.8 Å². The number of carbonyl (C=O) groups excluding carboxylic acids is 1. The quantitative estimate of drug-likeness (QED) is 0.473. The van der Waals surface area contributed by atoms with Gasteiger partial charge in [-0.15, -0.1) is 0 Å². The molecule has 2 aliphatic carbocycles. The summed E-state index contributed by atoms with van der Waals surface area (Å²) in [4.78, 5) is 11.3. The summed E-state index contributed by atoms with van der Waals surface area (Å²) in [6.45, 7) is 0.598. The summed E-state index contributed by atoms with van der Waals surface area (Å²) in [5, 5.41) is 9.47. The molecule has 0 atom stereocenters. The molecule has 4 heteroatoms. The van der Waals surface area contributed by atoms with E-state index < -0.39 is 0 Å². The Hall–Kier alpha value is -3.06. The lowest BCUT2D eigenvalue weighted by Crippen LogP contribution is -2.05. The van der Waals surface area contributed by atoms with Crippen LogP contribution < -0.4 is 4.74 Å². The van der Waals surface area contributed by atoms with Crippen LogP contribution in [0.15, 0.2) is 54.1 Å². The van der Waals surface area contributed by atoms with E-state index in [0.717, 1.165) is 42.6 Å². The number of benzene rings is 2. The van der Waals surface area contributed by atoms with Crippen molar-refractivity contribution in [2.75, 3.05) is 13.7 Å². The van der Waals surface area contributed by atoms with E-state index in [1.807, 2.05) is 24.3 Å². The number of hydrogen-bond donors (Lipinski definition) is 0. The second kappa shape index (κ2) is 10.0. The zero-order valence-electron chi connectivity index (χ0n) is 18.9. The summed E-state index contributed by atoms with van der Waals surface area (Å²) in [7, 11) is 1.42. The molecule has 0 saturated heterocycles. The number of rotatable bonds is 8. The van der Waals surface area contributed by atoms with Crippen molar-refractivity contribution >= 4 is 11.5 Å². The van der Waals surface area contributed by atoms with Crippen LogP contribution in [0, 0.1) is 11.3 Å². The van der Waals surface area contributed by atoms with Gasteiger partial charge in [-0.05, 0) is 84.9 Å². The summed E-state index contributed by atoms with van der Waals surface area (Å²) in [5.41, 5.74) is 6.08. The van der Waals surface area contributed by atoms with Crippen molar-refractivity contribution in [2.45, 2.75) is 63.2 Å². The van der Waals surface area contributed by atoms with Gasteiger partial charge in [-0.1, -0.05) is 42.8 Å². The van der Waals surface area contributed by atoms with E-state index in [1.54, 1.807) is 0 Å². The highest BCUT2D eigenvalue weighted by atomic mass is 16.5. The van der Waals surface area contributed by atoms with Crippen LogP contribution in [0.5, 0.6) is 5.75 Å². The van der Waals surface area contributed by atoms with Gasteiger partial charge in [0.15, 0.2) is 0 Å². The van der Waals surface area contributed by atoms with Crippen LogP contribution in [-0.2, 0) is 21.4 Å². The maximum absolute atomic E-state index is 11.3. The molecule has 0 aromatic heterocycles. The van der Waals surface area contributed by atoms with Gasteiger partial charge in [0, 0.05) is 6.42 Å². The Balaban J connectivity index is 1.44. The first-order valence-electron chi connectivity index (χ1n) is 11.7. The molecule has 0 bridgehead atoms. The molecule has 166 valence electrons. The fourth-order valence-electron chi connectivity index (χ4n) is 4.50. The maximum Gasteiger partial charge on any atom is 0.305 e. The zero-order chi connectivity index (χ0) is 22.4. The summed E-state index contributed by atoms with van der Waals surface area (Å²) in [5.74, 6) is 0.661. The Bertz CT molecular complexity index is 1010. The average molecular weight is 430 g/mol. The van der Waals surface area contributed by atoms with E-state index >= 15 is 0 Å². The van der Waals surface area contributed by atoms with E-state index in [0.29, 0.717) is 19.4 Å². The molecule has 0 N–H and O–H groups in total. The number of allylic oxidation sites excluding steroid dienone is 1. The molecule has 2 aliphatic rings. The molecule has 32 heavy (non-hydrogen) atoms. The van der Waals surface area contributed by atoms with E-state index in [1.165, 1.54) is 43.1 Å². The van der Waals surface area contributed by atoms with Gasteiger partial charge < -0.3 is 9.47 Å². The summed E-state index contributed by atoms with van der Waals surface area (Å²) in [6, 6.07) is 19.2. The highest BCUT2D eigenvalue weighted by Gasteiger charge is 2.44. The van der Waals surface area contributed by atoms with Gasteiger partial charge in [-0.3, -0.25) is 4.79 Å². The van der Waals surface area contributed by atoms with E-state index in [-0.39, 0.29) is 11.4 Å². The molecule has 2 aromatic rings. The first kappa shape index (κ1) is 22.1. The molecule has 0 radical (unpaired) electrons. The van der Waals surface area contributed by atoms with Crippen LogP contribution in [0.1, 0.15) is 68.1 Å². The molecule has 2 aromatic carbocycles. The molecule has 0 amide bonds. The Labute approximate surface area is 190 Å². The molecule has 0 aliphatic heterocycles. The summed E-state index contributed by atoms with van der Waals surface area (Å²) < 4.78 is 10.9. The highest BCUT2D eigenvalue weighted by Crippen LogP contribution is 2.47. The normalized spacial score (nSPS) is 17.2. The Morgan fingerprint density at radius 2 is 1.72 bits per heavy atom. The van der Waals surface area contributed by atoms with Crippen LogP contribution in [-0.4, -0.2) is 19.7 Å². The van der Waals surface area contributed by atoms with Crippen molar-refractivity contribution in [2.24, 2.45) is 0 Å². The minimum Gasteiger partial charge on any atom is -0.489 e. The van der Waals surface area contributed by atoms with Gasteiger partial charge in [0.1, 0.15) is 12.4 Å². The second-order valence-corrected chi connectivity index (χ2v) is 8.92. The number of ether oxygens (including phenoxy) is 2. The van der Waals surface area contributed by atoms with Crippen molar-refractivity contribution < 1.29 is 14.3 Å². The monoisotopic (exact) mass is 429 g/mol. The maximum atomic E-state index is 11.3. The van der Waals surface area contributed by atoms with Crippen molar-refractivity contribution in [1.82, 2.24) is 0 Å². The minimum absolute atomic E-state index is 0.189. The molecule has 0 unspecified atom stereocenters. The van der Waals surface area contributed by atoms with E-state index in [2.05, 4.69) is 30.3 Å². The second-order valence-electron chi connectivity index (χ2n) is 8.92. The van der Waals surface area contributed by atoms with Gasteiger partial charge in [-0.25, -0.2) is 0 Å². The smallest absolute Gasteiger partial charge is 0.305 e. The molecule has 4 rings (SSSR count). The largest absolute Gasteiger partial charge is 0.489 e. The molecule has 0 spiro atoms. The third-order valence-electron chi connectivity index (χ3n) is 6.76. The topological polar surface area (TPSA) is 59.3 Å². The van der Waals surface area contributed by atoms with E-state index in [9.17, 15) is 10.1 Å². The molecular weight excluding hydrogens is 398 g/mol. The fraction of sp³-hybridized carbons (Fsp3) is 0.429. The Kier molecular flexibility index (Phi) is 6.95. The van der Waals surface area contributed by atoms with Gasteiger partial charge >= 0.3 is 5.97 Å². The molecule has 1 saturated carbocycles. The number of methoxy groups -OCH3 is 1. The van der Waals surface area contributed by atoms with Crippen LogP contribution in [0.4, 0.5) is 0 Å². The molecule has 1 fully saturated rings. The fourth-order valence-corrected chi connectivity index (χ4v) is 4.50. The Morgan fingerprint density at radius 3 is 2.38 bits per heavy atom. The number of hydrogen-bond acceptors (Lipinski definition) is 4. The Morgan fingerprint density at radius 1 is 1.00 bits per heavy atom. The zero-order valence-corrected chi connectivity index (χ0v) is 18.9. The highest BCUT2D eigenvalue weighted by molar-refractivity contribution is 5.70. The number of carbonyl (C=O) groups is 1. The summed E-state index contributed by atoms with van der Waals surface area (Å²) in [6.07, 6.45) is 8.81. The van der Waals surface area contributed by atoms with Crippen LogP contribution in [0.2, 0.25) is 0 Å². The first-order valence-corrected chi connectivity index (χ1v) is 11.7. The van der Waals surface area contributed by atoms with Crippen molar-refractivity contribution in [3.63, 3.8) is 0 Å². The van der Waals surface area contributed by atoms with Crippen LogP contribution >= 0.6 is 0 Å². The SMILES string of the molecule is COC(=O)CCc1ccc(OCC2=C(c3ccc(C4(C#N)CC4)cc3)CCCCC2)cc1. The third kappa shape index (κ3) is 5.22. The lowest BCUT2D eigenvalue weighted by molar-refractivity contribution is -0.140. The lowest BCUT2D eigenvalue weighted by atomic mass is 9.92. The van der Waals surface area contributed by atoms with Crippen LogP contribution in [0.25, 0.3) is 5.57 Å². The number of nitriles is 1. The predicted octanol–water partition coefficient (Wildman–Crippen LogP) is 6.14. The van der Waals surface area contributed by atoms with Crippen molar-refractivity contribution in [3.8, 4) is 11.8 Å². The standard InChI is InChI=1S/C28H31NO3/c1-31-27(30)16-9-21-7-14-25(15-8-21)32-19-23-5-3-2-4-6-26(23)22-10-12-24(13-11-22)28(20-29)17-18-28/h7-8,10-15H,2-6,9,16-19H2,1H3. The predicted molar refractivity (Wildman–Crippen MR) is 125 cm³/mol. The lowest BCUT2D eigenvalue weighted by Gasteiger charge is -2.16. The van der Waals surface area contributed by atoms with Gasteiger partial charge in [-0.2, -0.15) is 5.26 Å². The van der Waals surface area contributed by atoms with Gasteiger partial charge in [0.25, 0.3) is 0 Å². The van der Waals surface area contributed by atoms with Gasteiger partial charge in [0.05, 0.1) is 18.6 Å². The number of nitrogens with zero attached hydrogens (tertiary/aromatic N) is 1. The number of aryl methyl sites for hydroxylation is 1. The first-order chi connectivity index (χ1) is 15.6. The average Bonchev–Trinajstić information content (AvgIpc) is 3.66. The van der Waals surface area contributed by atoms with Crippen LogP contribution in [0.3, 0.4) is 0 Å². The van der Waals surface area contributed by atoms with Crippen molar-refractivity contribution in [1.29, 1.82) is 5.26 Å². The minimum atomic E-state index is -0.231. The molecule has 0 heterocycles. The molecule has 4 nitrogen and oxygen atoms in total.